The summed E-state index contributed by atoms with van der Waals surface area (Å²) in [6.45, 7) is 9.37. The Morgan fingerprint density at radius 2 is 1.72 bits per heavy atom. The minimum absolute atomic E-state index is 0.0431. The van der Waals surface area contributed by atoms with E-state index in [2.05, 4.69) is 25.7 Å². The second-order valence-electron chi connectivity index (χ2n) is 7.53. The number of nitrogens with zero attached hydrogens (tertiary/aromatic N) is 4. The van der Waals surface area contributed by atoms with Gasteiger partial charge in [-0.1, -0.05) is 29.5 Å². The van der Waals surface area contributed by atoms with Gasteiger partial charge in [-0.05, 0) is 52.7 Å². The highest BCUT2D eigenvalue weighted by atomic mass is 32.2. The number of benzene rings is 1. The smallest absolute Gasteiger partial charge is 0.321 e. The predicted molar refractivity (Wildman–Crippen MR) is 115 cm³/mol. The van der Waals surface area contributed by atoms with Crippen molar-refractivity contribution in [1.29, 1.82) is 0 Å². The van der Waals surface area contributed by atoms with Gasteiger partial charge in [0.2, 0.25) is 11.9 Å². The first-order chi connectivity index (χ1) is 13.8. The third kappa shape index (κ3) is 5.29. The zero-order chi connectivity index (χ0) is 21.0. The van der Waals surface area contributed by atoms with Crippen molar-refractivity contribution in [1.82, 2.24) is 25.4 Å². The summed E-state index contributed by atoms with van der Waals surface area (Å²) in [5, 5.41) is 13.9. The summed E-state index contributed by atoms with van der Waals surface area (Å²) in [5.41, 5.74) is 2.12. The van der Waals surface area contributed by atoms with Crippen LogP contribution in [-0.4, -0.2) is 51.1 Å². The molecule has 1 atom stereocenters. The molecule has 29 heavy (non-hydrogen) atoms. The van der Waals surface area contributed by atoms with Crippen LogP contribution in [0, 0.1) is 6.92 Å². The maximum Gasteiger partial charge on any atom is 0.321 e. The number of thioether (sulfide) groups is 1. The van der Waals surface area contributed by atoms with Gasteiger partial charge >= 0.3 is 6.03 Å². The van der Waals surface area contributed by atoms with E-state index in [1.807, 2.05) is 49.6 Å². The molecule has 0 radical (unpaired) electrons. The van der Waals surface area contributed by atoms with Crippen LogP contribution in [0.1, 0.15) is 39.2 Å². The number of hydrogen-bond acceptors (Lipinski definition) is 6. The maximum absolute atomic E-state index is 12.4. The molecule has 3 rings (SSSR count). The van der Waals surface area contributed by atoms with Crippen molar-refractivity contribution in [2.45, 2.75) is 57.0 Å². The van der Waals surface area contributed by atoms with Crippen molar-refractivity contribution in [3.05, 3.63) is 29.8 Å². The minimum atomic E-state index is -0.507. The van der Waals surface area contributed by atoms with Crippen LogP contribution in [0.5, 0.6) is 0 Å². The monoisotopic (exact) mass is 416 g/mol. The van der Waals surface area contributed by atoms with Crippen LogP contribution in [0.25, 0.3) is 5.69 Å². The quantitative estimate of drug-likeness (QED) is 0.704. The summed E-state index contributed by atoms with van der Waals surface area (Å²) < 4.78 is 1.99. The van der Waals surface area contributed by atoms with Gasteiger partial charge in [-0.25, -0.2) is 4.79 Å². The zero-order valence-electron chi connectivity index (χ0n) is 17.3. The molecule has 1 fully saturated rings. The second-order valence-corrected chi connectivity index (χ2v) is 8.83. The fourth-order valence-corrected chi connectivity index (χ4v) is 3.97. The number of carbonyl (C=O) groups is 2. The van der Waals surface area contributed by atoms with E-state index in [1.165, 1.54) is 17.3 Å². The molecule has 2 heterocycles. The first kappa shape index (κ1) is 21.2. The molecule has 9 heteroatoms. The summed E-state index contributed by atoms with van der Waals surface area (Å²) in [6, 6.07) is 7.62. The minimum Gasteiger partial charge on any atom is -0.341 e. The van der Waals surface area contributed by atoms with Crippen molar-refractivity contribution in [3.8, 4) is 5.69 Å². The molecule has 2 aromatic rings. The second kappa shape index (κ2) is 9.30. The average Bonchev–Trinajstić information content (AvgIpc) is 3.31. The SMILES string of the molecule is Cc1ccc(-n2c(SC(C)C(=O)NC(=O)NC(C)C)nnc2N2CCCC2)cc1. The van der Waals surface area contributed by atoms with E-state index in [1.54, 1.807) is 6.92 Å². The molecule has 1 aromatic heterocycles. The molecule has 8 nitrogen and oxygen atoms in total. The molecule has 1 aromatic carbocycles. The molecule has 156 valence electrons. The van der Waals surface area contributed by atoms with Crippen LogP contribution < -0.4 is 15.5 Å². The van der Waals surface area contributed by atoms with Gasteiger partial charge in [-0.3, -0.25) is 14.7 Å². The highest BCUT2D eigenvalue weighted by Gasteiger charge is 2.25. The van der Waals surface area contributed by atoms with E-state index in [4.69, 9.17) is 0 Å². The van der Waals surface area contributed by atoms with Crippen molar-refractivity contribution < 1.29 is 9.59 Å². The number of aromatic nitrogens is 3. The van der Waals surface area contributed by atoms with E-state index in [-0.39, 0.29) is 11.9 Å². The first-order valence-corrected chi connectivity index (χ1v) is 10.8. The van der Waals surface area contributed by atoms with Crippen molar-refractivity contribution in [2.24, 2.45) is 0 Å². The van der Waals surface area contributed by atoms with E-state index < -0.39 is 11.3 Å². The Morgan fingerprint density at radius 1 is 1.07 bits per heavy atom. The maximum atomic E-state index is 12.4. The van der Waals surface area contributed by atoms with Gasteiger partial charge in [0.15, 0.2) is 5.16 Å². The van der Waals surface area contributed by atoms with E-state index in [0.717, 1.165) is 37.6 Å². The number of aryl methyl sites for hydroxylation is 1. The number of amides is 3. The Kier molecular flexibility index (Phi) is 6.79. The number of urea groups is 1. The topological polar surface area (TPSA) is 92.2 Å². The number of anilines is 1. The first-order valence-electron chi connectivity index (χ1n) is 9.90. The summed E-state index contributed by atoms with van der Waals surface area (Å²) in [5.74, 6) is 0.424. The van der Waals surface area contributed by atoms with Gasteiger partial charge in [-0.15, -0.1) is 10.2 Å². The summed E-state index contributed by atoms with van der Waals surface area (Å²) in [4.78, 5) is 26.5. The van der Waals surface area contributed by atoms with Gasteiger partial charge < -0.3 is 10.2 Å². The number of carbonyl (C=O) groups excluding carboxylic acids is 2. The van der Waals surface area contributed by atoms with Gasteiger partial charge in [-0.2, -0.15) is 0 Å². The number of imide groups is 1. The Hall–Kier alpha value is -2.55. The van der Waals surface area contributed by atoms with Gasteiger partial charge in [0, 0.05) is 19.1 Å². The van der Waals surface area contributed by atoms with Gasteiger partial charge in [0.1, 0.15) is 0 Å². The van der Waals surface area contributed by atoms with Crippen LogP contribution in [0.15, 0.2) is 29.4 Å². The molecule has 1 aliphatic rings. The lowest BCUT2D eigenvalue weighted by Crippen LogP contribution is -2.45. The van der Waals surface area contributed by atoms with Gasteiger partial charge in [0.05, 0.1) is 10.9 Å². The van der Waals surface area contributed by atoms with Crippen LogP contribution in [0.2, 0.25) is 0 Å². The number of hydrogen-bond donors (Lipinski definition) is 2. The van der Waals surface area contributed by atoms with E-state index in [0.29, 0.717) is 5.16 Å². The summed E-state index contributed by atoms with van der Waals surface area (Å²) >= 11 is 1.29. The standard InChI is InChI=1S/C20H28N6O2S/c1-13(2)21-18(28)22-17(27)15(4)29-20-24-23-19(25-11-5-6-12-25)26(20)16-9-7-14(3)8-10-16/h7-10,13,15H,5-6,11-12H2,1-4H3,(H2,21,22,27,28). The van der Waals surface area contributed by atoms with Crippen LogP contribution in [0.3, 0.4) is 0 Å². The number of rotatable bonds is 6. The van der Waals surface area contributed by atoms with Crippen molar-refractivity contribution in [2.75, 3.05) is 18.0 Å². The molecule has 1 unspecified atom stereocenters. The lowest BCUT2D eigenvalue weighted by Gasteiger charge is -2.19. The fraction of sp³-hybridized carbons (Fsp3) is 0.500. The normalized spacial score (nSPS) is 14.9. The third-order valence-electron chi connectivity index (χ3n) is 4.61. The molecule has 0 saturated carbocycles. The molecular formula is C20H28N6O2S. The molecule has 0 bridgehead atoms. The molecule has 0 spiro atoms. The predicted octanol–water partition coefficient (Wildman–Crippen LogP) is 2.89. The highest BCUT2D eigenvalue weighted by molar-refractivity contribution is 8.00. The largest absolute Gasteiger partial charge is 0.341 e. The molecule has 2 N–H and O–H groups in total. The Labute approximate surface area is 175 Å². The van der Waals surface area contributed by atoms with Crippen LogP contribution in [0.4, 0.5) is 10.7 Å². The molecule has 3 amide bonds. The van der Waals surface area contributed by atoms with Crippen LogP contribution >= 0.6 is 11.8 Å². The van der Waals surface area contributed by atoms with Crippen molar-refractivity contribution >= 4 is 29.6 Å². The molecule has 1 aliphatic heterocycles. The highest BCUT2D eigenvalue weighted by Crippen LogP contribution is 2.30. The molecule has 1 saturated heterocycles. The number of nitrogens with one attached hydrogen (secondary N) is 2. The van der Waals surface area contributed by atoms with Crippen molar-refractivity contribution in [3.63, 3.8) is 0 Å². The van der Waals surface area contributed by atoms with Crippen LogP contribution in [-0.2, 0) is 4.79 Å². The lowest BCUT2D eigenvalue weighted by molar-refractivity contribution is -0.119. The van der Waals surface area contributed by atoms with Gasteiger partial charge in [0.25, 0.3) is 0 Å². The Morgan fingerprint density at radius 3 is 2.34 bits per heavy atom. The Bertz CT molecular complexity index is 858. The third-order valence-corrected chi connectivity index (χ3v) is 5.65. The Balaban J connectivity index is 1.82. The molecular weight excluding hydrogens is 388 g/mol. The van der Waals surface area contributed by atoms with E-state index >= 15 is 0 Å². The molecule has 0 aliphatic carbocycles. The average molecular weight is 417 g/mol. The zero-order valence-corrected chi connectivity index (χ0v) is 18.1. The summed E-state index contributed by atoms with van der Waals surface area (Å²) in [6.07, 6.45) is 2.26. The van der Waals surface area contributed by atoms with E-state index in [9.17, 15) is 9.59 Å². The summed E-state index contributed by atoms with van der Waals surface area (Å²) in [7, 11) is 0. The fourth-order valence-electron chi connectivity index (χ4n) is 3.10. The lowest BCUT2D eigenvalue weighted by atomic mass is 10.2.